The third kappa shape index (κ3) is 2.42. The molecule has 1 N–H and O–H groups in total. The van der Waals surface area contributed by atoms with Crippen molar-refractivity contribution in [1.82, 2.24) is 9.55 Å². The number of benzene rings is 1. The van der Waals surface area contributed by atoms with Crippen molar-refractivity contribution >= 4 is 15.9 Å². The highest BCUT2D eigenvalue weighted by Gasteiger charge is 2.14. The van der Waals surface area contributed by atoms with Crippen molar-refractivity contribution in [2.45, 2.75) is 6.42 Å². The van der Waals surface area contributed by atoms with Crippen molar-refractivity contribution in [3.05, 3.63) is 34.7 Å². The maximum Gasteiger partial charge on any atom is 0.119 e. The van der Waals surface area contributed by atoms with Crippen LogP contribution in [0, 0.1) is 0 Å². The molecule has 5 heteroatoms. The highest BCUT2D eigenvalue weighted by atomic mass is 79.9. The monoisotopic (exact) mass is 310 g/mol. The molecule has 0 unspecified atom stereocenters. The largest absolute Gasteiger partial charge is 0.497 e. The second kappa shape index (κ2) is 5.54. The fourth-order valence-electron chi connectivity index (χ4n) is 1.80. The maximum atomic E-state index is 9.01. The van der Waals surface area contributed by atoms with Crippen LogP contribution in [0.4, 0.5) is 0 Å². The Kier molecular flexibility index (Phi) is 4.04. The van der Waals surface area contributed by atoms with Crippen molar-refractivity contribution in [1.29, 1.82) is 0 Å². The molecule has 0 saturated carbocycles. The van der Waals surface area contributed by atoms with Gasteiger partial charge in [-0.2, -0.15) is 0 Å². The summed E-state index contributed by atoms with van der Waals surface area (Å²) in [6.07, 6.45) is 0.541. The number of hydrogen-bond acceptors (Lipinski definition) is 3. The summed E-state index contributed by atoms with van der Waals surface area (Å²) in [5.41, 5.74) is 1.85. The van der Waals surface area contributed by atoms with Gasteiger partial charge >= 0.3 is 0 Å². The number of aromatic nitrogens is 2. The molecule has 1 aromatic heterocycles. The molecule has 0 amide bonds. The lowest BCUT2D eigenvalue weighted by atomic mass is 10.1. The highest BCUT2D eigenvalue weighted by molar-refractivity contribution is 9.10. The molecule has 0 bridgehead atoms. The van der Waals surface area contributed by atoms with Crippen LogP contribution < -0.4 is 4.74 Å². The highest BCUT2D eigenvalue weighted by Crippen LogP contribution is 2.30. The molecule has 96 valence electrons. The van der Waals surface area contributed by atoms with E-state index in [0.717, 1.165) is 27.4 Å². The number of methoxy groups -OCH3 is 1. The summed E-state index contributed by atoms with van der Waals surface area (Å²) >= 11 is 3.53. The zero-order valence-electron chi connectivity index (χ0n) is 10.4. The lowest BCUT2D eigenvalue weighted by Gasteiger charge is -2.02. The van der Waals surface area contributed by atoms with Crippen LogP contribution in [0.1, 0.15) is 5.82 Å². The molecule has 0 spiro atoms. The van der Waals surface area contributed by atoms with Gasteiger partial charge in [-0.1, -0.05) is 12.1 Å². The molecular weight excluding hydrogens is 296 g/mol. The minimum Gasteiger partial charge on any atom is -0.497 e. The van der Waals surface area contributed by atoms with Gasteiger partial charge < -0.3 is 14.4 Å². The SMILES string of the molecule is COc1cccc(-c2nc(CCO)n(C)c2Br)c1. The summed E-state index contributed by atoms with van der Waals surface area (Å²) in [5.74, 6) is 1.65. The summed E-state index contributed by atoms with van der Waals surface area (Å²) in [6.45, 7) is 0.0921. The number of imidazole rings is 1. The van der Waals surface area contributed by atoms with E-state index in [1.54, 1.807) is 7.11 Å². The van der Waals surface area contributed by atoms with Gasteiger partial charge in [-0.15, -0.1) is 0 Å². The molecule has 1 heterocycles. The van der Waals surface area contributed by atoms with E-state index < -0.39 is 0 Å². The number of aliphatic hydroxyl groups excluding tert-OH is 1. The Morgan fingerprint density at radius 2 is 2.22 bits per heavy atom. The molecule has 0 fully saturated rings. The first-order valence-corrected chi connectivity index (χ1v) is 6.43. The Hall–Kier alpha value is -1.33. The van der Waals surface area contributed by atoms with Gasteiger partial charge in [0.2, 0.25) is 0 Å². The maximum absolute atomic E-state index is 9.01. The quantitative estimate of drug-likeness (QED) is 0.943. The number of aliphatic hydroxyl groups is 1. The van der Waals surface area contributed by atoms with Crippen molar-refractivity contribution in [2.24, 2.45) is 7.05 Å². The van der Waals surface area contributed by atoms with E-state index in [-0.39, 0.29) is 6.61 Å². The van der Waals surface area contributed by atoms with Gasteiger partial charge in [0.1, 0.15) is 21.9 Å². The van der Waals surface area contributed by atoms with Crippen LogP contribution >= 0.6 is 15.9 Å². The summed E-state index contributed by atoms with van der Waals surface area (Å²) < 4.78 is 8.05. The molecule has 0 atom stereocenters. The Morgan fingerprint density at radius 1 is 1.44 bits per heavy atom. The molecule has 0 aliphatic carbocycles. The molecule has 2 aromatic rings. The first kappa shape index (κ1) is 13.1. The zero-order valence-corrected chi connectivity index (χ0v) is 11.9. The summed E-state index contributed by atoms with van der Waals surface area (Å²) in [5, 5.41) is 9.01. The topological polar surface area (TPSA) is 47.3 Å². The first-order chi connectivity index (χ1) is 8.67. The molecule has 0 saturated heterocycles. The van der Waals surface area contributed by atoms with Crippen LogP contribution in [0.3, 0.4) is 0 Å². The molecule has 0 aliphatic rings. The third-order valence-corrected chi connectivity index (χ3v) is 3.70. The second-order valence-electron chi connectivity index (χ2n) is 3.93. The Labute approximate surface area is 114 Å². The Balaban J connectivity index is 2.46. The molecular formula is C13H15BrN2O2. The average molecular weight is 311 g/mol. The Bertz CT molecular complexity index is 552. The summed E-state index contributed by atoms with van der Waals surface area (Å²) in [7, 11) is 3.56. The van der Waals surface area contributed by atoms with Crippen molar-refractivity contribution in [3.63, 3.8) is 0 Å². The molecule has 1 aromatic carbocycles. The van der Waals surface area contributed by atoms with Gasteiger partial charge in [0, 0.05) is 19.0 Å². The first-order valence-electron chi connectivity index (χ1n) is 5.63. The molecule has 18 heavy (non-hydrogen) atoms. The van der Waals surface area contributed by atoms with Crippen LogP contribution in [-0.2, 0) is 13.5 Å². The van der Waals surface area contributed by atoms with E-state index >= 15 is 0 Å². The molecule has 4 nitrogen and oxygen atoms in total. The standard InChI is InChI=1S/C13H15BrN2O2/c1-16-11(6-7-17)15-12(13(16)14)9-4-3-5-10(8-9)18-2/h3-5,8,17H,6-7H2,1-2H3. The number of ether oxygens (including phenoxy) is 1. The summed E-state index contributed by atoms with van der Waals surface area (Å²) in [6, 6.07) is 7.75. The number of nitrogens with zero attached hydrogens (tertiary/aromatic N) is 2. The van der Waals surface area contributed by atoms with Crippen LogP contribution in [-0.4, -0.2) is 28.4 Å². The number of rotatable bonds is 4. The van der Waals surface area contributed by atoms with E-state index in [1.165, 1.54) is 0 Å². The minimum absolute atomic E-state index is 0.0921. The molecule has 0 aliphatic heterocycles. The van der Waals surface area contributed by atoms with Gasteiger partial charge in [0.15, 0.2) is 0 Å². The predicted octanol–water partition coefficient (Wildman–Crippen LogP) is 2.39. The van der Waals surface area contributed by atoms with Gasteiger partial charge in [-0.3, -0.25) is 0 Å². The third-order valence-electron chi connectivity index (χ3n) is 2.80. The van der Waals surface area contributed by atoms with Crippen LogP contribution in [0.5, 0.6) is 5.75 Å². The minimum atomic E-state index is 0.0921. The lowest BCUT2D eigenvalue weighted by molar-refractivity contribution is 0.295. The molecule has 2 rings (SSSR count). The van der Waals surface area contributed by atoms with E-state index in [4.69, 9.17) is 9.84 Å². The van der Waals surface area contributed by atoms with E-state index in [9.17, 15) is 0 Å². The van der Waals surface area contributed by atoms with Crippen molar-refractivity contribution < 1.29 is 9.84 Å². The predicted molar refractivity (Wildman–Crippen MR) is 73.7 cm³/mol. The van der Waals surface area contributed by atoms with E-state index in [0.29, 0.717) is 6.42 Å². The average Bonchev–Trinajstić information content (AvgIpc) is 2.68. The van der Waals surface area contributed by atoms with Gasteiger partial charge in [0.25, 0.3) is 0 Å². The normalized spacial score (nSPS) is 10.7. The number of halogens is 1. The fraction of sp³-hybridized carbons (Fsp3) is 0.308. The van der Waals surface area contributed by atoms with E-state index in [1.807, 2.05) is 35.9 Å². The Morgan fingerprint density at radius 3 is 2.89 bits per heavy atom. The van der Waals surface area contributed by atoms with Gasteiger partial charge in [-0.05, 0) is 28.1 Å². The van der Waals surface area contributed by atoms with Crippen LogP contribution in [0.15, 0.2) is 28.9 Å². The van der Waals surface area contributed by atoms with Crippen LogP contribution in [0.25, 0.3) is 11.3 Å². The molecule has 0 radical (unpaired) electrons. The number of hydrogen-bond donors (Lipinski definition) is 1. The smallest absolute Gasteiger partial charge is 0.119 e. The lowest BCUT2D eigenvalue weighted by Crippen LogP contribution is -2.00. The second-order valence-corrected chi connectivity index (χ2v) is 4.68. The van der Waals surface area contributed by atoms with E-state index in [2.05, 4.69) is 20.9 Å². The fourth-order valence-corrected chi connectivity index (χ4v) is 2.32. The van der Waals surface area contributed by atoms with Crippen molar-refractivity contribution in [2.75, 3.05) is 13.7 Å². The van der Waals surface area contributed by atoms with Gasteiger partial charge in [0.05, 0.1) is 13.7 Å². The zero-order chi connectivity index (χ0) is 13.1. The van der Waals surface area contributed by atoms with Crippen molar-refractivity contribution in [3.8, 4) is 17.0 Å². The van der Waals surface area contributed by atoms with Gasteiger partial charge in [-0.25, -0.2) is 4.98 Å². The summed E-state index contributed by atoms with van der Waals surface area (Å²) in [4.78, 5) is 4.55. The van der Waals surface area contributed by atoms with Crippen LogP contribution in [0.2, 0.25) is 0 Å².